The fraction of sp³-hybridized carbons (Fsp3) is 0.278. The van der Waals surface area contributed by atoms with E-state index in [4.69, 9.17) is 4.74 Å². The van der Waals surface area contributed by atoms with Gasteiger partial charge in [0.2, 0.25) is 0 Å². The Labute approximate surface area is 150 Å². The van der Waals surface area contributed by atoms with Crippen LogP contribution in [0.1, 0.15) is 20.8 Å². The smallest absolute Gasteiger partial charge is 0.441 e. The molecule has 0 aliphatic carbocycles. The van der Waals surface area contributed by atoms with Gasteiger partial charge in [-0.25, -0.2) is 0 Å². The number of rotatable bonds is 6. The fourth-order valence-corrected chi connectivity index (χ4v) is 4.31. The SMILES string of the molecule is CCOc1ccnc(-[n+]2cccc3cccc(SSC(C)C)c32)n1. The molecule has 0 spiro atoms. The number of pyridine rings is 1. The lowest BCUT2D eigenvalue weighted by molar-refractivity contribution is -0.576. The number of benzene rings is 1. The van der Waals surface area contributed by atoms with Crippen molar-refractivity contribution in [3.8, 4) is 11.8 Å². The van der Waals surface area contributed by atoms with Crippen molar-refractivity contribution in [3.63, 3.8) is 0 Å². The van der Waals surface area contributed by atoms with E-state index in [-0.39, 0.29) is 0 Å². The van der Waals surface area contributed by atoms with E-state index in [1.165, 1.54) is 4.90 Å². The minimum atomic E-state index is 0.556. The summed E-state index contributed by atoms with van der Waals surface area (Å²) in [6.45, 7) is 6.94. The zero-order valence-corrected chi connectivity index (χ0v) is 15.6. The summed E-state index contributed by atoms with van der Waals surface area (Å²) in [4.78, 5) is 10.2. The maximum absolute atomic E-state index is 5.52. The standard InChI is InChI=1S/C18H20N3OS2/c1-4-22-16-10-11-19-18(20-16)21-12-6-8-14-7-5-9-15(17(14)21)24-23-13(2)3/h5-13H,4H2,1-3H3/q+1. The van der Waals surface area contributed by atoms with Gasteiger partial charge in [-0.1, -0.05) is 52.6 Å². The summed E-state index contributed by atoms with van der Waals surface area (Å²) >= 11 is 0. The zero-order chi connectivity index (χ0) is 16.9. The van der Waals surface area contributed by atoms with Crippen molar-refractivity contribution in [3.05, 3.63) is 48.8 Å². The van der Waals surface area contributed by atoms with Crippen molar-refractivity contribution in [2.24, 2.45) is 0 Å². The molecule has 24 heavy (non-hydrogen) atoms. The van der Waals surface area contributed by atoms with Gasteiger partial charge in [-0.3, -0.25) is 0 Å². The second-order valence-electron chi connectivity index (χ2n) is 5.43. The Balaban J connectivity index is 2.12. The highest BCUT2D eigenvalue weighted by Crippen LogP contribution is 2.37. The zero-order valence-electron chi connectivity index (χ0n) is 14.0. The monoisotopic (exact) mass is 358 g/mol. The van der Waals surface area contributed by atoms with Crippen molar-refractivity contribution in [1.29, 1.82) is 0 Å². The van der Waals surface area contributed by atoms with Crippen molar-refractivity contribution in [2.75, 3.05) is 6.61 Å². The van der Waals surface area contributed by atoms with Gasteiger partial charge >= 0.3 is 5.95 Å². The van der Waals surface area contributed by atoms with Crippen LogP contribution in [0.4, 0.5) is 0 Å². The number of hydrogen-bond acceptors (Lipinski definition) is 5. The highest BCUT2D eigenvalue weighted by atomic mass is 33.1. The van der Waals surface area contributed by atoms with Gasteiger partial charge in [-0.05, 0) is 30.1 Å². The fourth-order valence-electron chi connectivity index (χ4n) is 2.30. The Kier molecular flexibility index (Phi) is 5.58. The topological polar surface area (TPSA) is 38.9 Å². The molecule has 0 amide bonds. The predicted molar refractivity (Wildman–Crippen MR) is 101 cm³/mol. The van der Waals surface area contributed by atoms with Crippen molar-refractivity contribution in [2.45, 2.75) is 30.9 Å². The average Bonchev–Trinajstić information content (AvgIpc) is 2.60. The lowest BCUT2D eigenvalue weighted by Gasteiger charge is -2.09. The molecular weight excluding hydrogens is 338 g/mol. The lowest BCUT2D eigenvalue weighted by Crippen LogP contribution is -2.34. The molecule has 1 aromatic carbocycles. The summed E-state index contributed by atoms with van der Waals surface area (Å²) in [5.41, 5.74) is 1.12. The minimum absolute atomic E-state index is 0.556. The largest absolute Gasteiger partial charge is 0.466 e. The number of para-hydroxylation sites is 1. The summed E-state index contributed by atoms with van der Waals surface area (Å²) in [5.74, 6) is 1.21. The van der Waals surface area contributed by atoms with Crippen LogP contribution in [0.5, 0.6) is 5.88 Å². The Morgan fingerprint density at radius 2 is 2.00 bits per heavy atom. The number of aromatic nitrogens is 3. The number of hydrogen-bond donors (Lipinski definition) is 0. The van der Waals surface area contributed by atoms with Crippen molar-refractivity contribution in [1.82, 2.24) is 9.97 Å². The molecule has 124 valence electrons. The normalized spacial score (nSPS) is 11.2. The van der Waals surface area contributed by atoms with Gasteiger partial charge in [0.15, 0.2) is 0 Å². The van der Waals surface area contributed by atoms with E-state index in [1.807, 2.05) is 34.5 Å². The molecule has 3 rings (SSSR count). The second-order valence-corrected chi connectivity index (χ2v) is 8.25. The molecule has 0 atom stereocenters. The van der Waals surface area contributed by atoms with Gasteiger partial charge < -0.3 is 4.74 Å². The van der Waals surface area contributed by atoms with Gasteiger partial charge in [-0.15, -0.1) is 0 Å². The van der Waals surface area contributed by atoms with Crippen molar-refractivity contribution < 1.29 is 9.30 Å². The first-order chi connectivity index (χ1) is 11.7. The van der Waals surface area contributed by atoms with E-state index in [1.54, 1.807) is 23.1 Å². The molecule has 6 heteroatoms. The third-order valence-electron chi connectivity index (χ3n) is 3.24. The summed E-state index contributed by atoms with van der Waals surface area (Å²) in [7, 11) is 3.64. The van der Waals surface area contributed by atoms with E-state index in [2.05, 4.69) is 48.1 Å². The van der Waals surface area contributed by atoms with Crippen molar-refractivity contribution >= 4 is 32.5 Å². The number of fused-ring (bicyclic) bond motifs is 1. The third-order valence-corrected chi connectivity index (χ3v) is 6.21. The van der Waals surface area contributed by atoms with E-state index in [9.17, 15) is 0 Å². The number of ether oxygens (including phenoxy) is 1. The molecule has 0 N–H and O–H groups in total. The summed E-state index contributed by atoms with van der Waals surface area (Å²) < 4.78 is 7.54. The van der Waals surface area contributed by atoms with Crippen LogP contribution in [-0.4, -0.2) is 21.8 Å². The first kappa shape index (κ1) is 17.0. The first-order valence-corrected chi connectivity index (χ1v) is 10.1. The van der Waals surface area contributed by atoms with Gasteiger partial charge in [0.25, 0.3) is 5.88 Å². The van der Waals surface area contributed by atoms with Crippen LogP contribution in [0.2, 0.25) is 0 Å². The van der Waals surface area contributed by atoms with Crippen LogP contribution < -0.4 is 9.30 Å². The Morgan fingerprint density at radius 3 is 2.79 bits per heavy atom. The van der Waals surface area contributed by atoms with Crippen LogP contribution >= 0.6 is 21.6 Å². The van der Waals surface area contributed by atoms with Gasteiger partial charge in [-0.2, -0.15) is 4.57 Å². The molecule has 3 aromatic rings. The first-order valence-electron chi connectivity index (χ1n) is 7.92. The Bertz CT molecular complexity index is 834. The molecule has 0 radical (unpaired) electrons. The molecule has 4 nitrogen and oxygen atoms in total. The molecule has 0 unspecified atom stereocenters. The molecular formula is C18H20N3OS2+. The van der Waals surface area contributed by atoms with Crippen LogP contribution in [0.25, 0.3) is 16.9 Å². The summed E-state index contributed by atoms with van der Waals surface area (Å²) in [6.07, 6.45) is 3.73. The van der Waals surface area contributed by atoms with Crippen LogP contribution in [0, 0.1) is 0 Å². The van der Waals surface area contributed by atoms with Crippen LogP contribution in [0.15, 0.2) is 53.7 Å². The summed E-state index contributed by atoms with van der Waals surface area (Å²) in [5, 5.41) is 1.72. The van der Waals surface area contributed by atoms with Crippen LogP contribution in [-0.2, 0) is 0 Å². The second kappa shape index (κ2) is 7.85. The van der Waals surface area contributed by atoms with Gasteiger partial charge in [0.1, 0.15) is 11.7 Å². The van der Waals surface area contributed by atoms with E-state index < -0.39 is 0 Å². The molecule has 0 fully saturated rings. The quantitative estimate of drug-likeness (QED) is 0.481. The molecule has 0 aliphatic heterocycles. The Hall–Kier alpha value is -1.79. The molecule has 2 aromatic heterocycles. The Morgan fingerprint density at radius 1 is 1.17 bits per heavy atom. The molecule has 0 aliphatic rings. The highest BCUT2D eigenvalue weighted by molar-refractivity contribution is 8.77. The average molecular weight is 359 g/mol. The molecule has 0 saturated carbocycles. The van der Waals surface area contributed by atoms with Gasteiger partial charge in [0.05, 0.1) is 23.8 Å². The summed E-state index contributed by atoms with van der Waals surface area (Å²) in [6, 6.07) is 12.3. The van der Waals surface area contributed by atoms with E-state index >= 15 is 0 Å². The molecule has 2 heterocycles. The van der Waals surface area contributed by atoms with E-state index in [0.717, 1.165) is 10.9 Å². The number of nitrogens with zero attached hydrogens (tertiary/aromatic N) is 3. The maximum atomic E-state index is 5.52. The van der Waals surface area contributed by atoms with E-state index in [0.29, 0.717) is 23.7 Å². The highest BCUT2D eigenvalue weighted by Gasteiger charge is 2.18. The molecule has 0 saturated heterocycles. The van der Waals surface area contributed by atoms with Gasteiger partial charge in [0, 0.05) is 10.6 Å². The lowest BCUT2D eigenvalue weighted by atomic mass is 10.2. The third kappa shape index (κ3) is 3.82. The minimum Gasteiger partial charge on any atom is -0.466 e. The maximum Gasteiger partial charge on any atom is 0.441 e. The molecule has 0 bridgehead atoms. The predicted octanol–water partition coefficient (Wildman–Crippen LogP) is 4.45. The van der Waals surface area contributed by atoms with Crippen LogP contribution in [0.3, 0.4) is 0 Å².